The lowest BCUT2D eigenvalue weighted by atomic mass is 10.2. The largest absolute Gasteiger partial charge is 0.265 e. The lowest BCUT2D eigenvalue weighted by Crippen LogP contribution is -1.90. The molecule has 0 fully saturated rings. The maximum Gasteiger partial charge on any atom is 0.203 e. The van der Waals surface area contributed by atoms with E-state index in [0.29, 0.717) is 5.02 Å². The van der Waals surface area contributed by atoms with E-state index in [0.717, 1.165) is 22.0 Å². The number of benzene rings is 1. The molecule has 0 saturated carbocycles. The van der Waals surface area contributed by atoms with Crippen LogP contribution in [0, 0.1) is 0 Å². The molecule has 0 aliphatic carbocycles. The fourth-order valence-corrected chi connectivity index (χ4v) is 2.48. The predicted molar refractivity (Wildman–Crippen MR) is 88.0 cm³/mol. The van der Waals surface area contributed by atoms with Gasteiger partial charge in [0.25, 0.3) is 0 Å². The summed E-state index contributed by atoms with van der Waals surface area (Å²) in [5, 5.41) is 7.59. The van der Waals surface area contributed by atoms with Gasteiger partial charge in [0.1, 0.15) is 0 Å². The van der Waals surface area contributed by atoms with Gasteiger partial charge in [0.2, 0.25) is 5.13 Å². The summed E-state index contributed by atoms with van der Waals surface area (Å²) in [6.07, 6.45) is 5.18. The molecular weight excluding hydrogens is 304 g/mol. The third-order valence-electron chi connectivity index (χ3n) is 2.72. The zero-order valence-corrected chi connectivity index (χ0v) is 12.5. The van der Waals surface area contributed by atoms with Crippen LogP contribution in [0.2, 0.25) is 5.02 Å². The second-order valence-electron chi connectivity index (χ2n) is 4.20. The van der Waals surface area contributed by atoms with Crippen LogP contribution in [0.25, 0.3) is 11.3 Å². The van der Waals surface area contributed by atoms with E-state index in [1.165, 1.54) is 11.3 Å². The number of hydrazone groups is 1. The number of rotatable bonds is 4. The van der Waals surface area contributed by atoms with Gasteiger partial charge in [-0.1, -0.05) is 23.7 Å². The van der Waals surface area contributed by atoms with Crippen molar-refractivity contribution in [2.75, 3.05) is 5.43 Å². The number of halogens is 1. The molecule has 104 valence electrons. The van der Waals surface area contributed by atoms with Crippen molar-refractivity contribution >= 4 is 34.3 Å². The van der Waals surface area contributed by atoms with Crippen molar-refractivity contribution in [3.63, 3.8) is 0 Å². The molecule has 4 nitrogen and oxygen atoms in total. The van der Waals surface area contributed by atoms with Gasteiger partial charge in [-0.3, -0.25) is 10.4 Å². The van der Waals surface area contributed by atoms with Crippen LogP contribution in [-0.4, -0.2) is 16.2 Å². The van der Waals surface area contributed by atoms with Crippen LogP contribution >= 0.6 is 22.9 Å². The fraction of sp³-hybridized carbons (Fsp3) is 0. The Morgan fingerprint density at radius 3 is 2.62 bits per heavy atom. The number of nitrogens with one attached hydrogen (secondary N) is 1. The molecule has 0 amide bonds. The zero-order chi connectivity index (χ0) is 14.5. The summed E-state index contributed by atoms with van der Waals surface area (Å²) in [6, 6.07) is 11.4. The van der Waals surface area contributed by atoms with E-state index in [-0.39, 0.29) is 0 Å². The van der Waals surface area contributed by atoms with Crippen molar-refractivity contribution < 1.29 is 0 Å². The number of thiazole rings is 1. The van der Waals surface area contributed by atoms with Gasteiger partial charge in [0.15, 0.2) is 0 Å². The summed E-state index contributed by atoms with van der Waals surface area (Å²) < 4.78 is 0. The Balaban J connectivity index is 1.68. The number of anilines is 1. The highest BCUT2D eigenvalue weighted by atomic mass is 35.5. The lowest BCUT2D eigenvalue weighted by molar-refractivity contribution is 1.28. The number of hydrogen-bond acceptors (Lipinski definition) is 5. The Bertz CT molecular complexity index is 738. The van der Waals surface area contributed by atoms with Crippen molar-refractivity contribution in [1.29, 1.82) is 0 Å². The summed E-state index contributed by atoms with van der Waals surface area (Å²) >= 11 is 7.38. The first-order valence-corrected chi connectivity index (χ1v) is 7.47. The molecule has 3 aromatic rings. The average molecular weight is 315 g/mol. The first kappa shape index (κ1) is 13.7. The van der Waals surface area contributed by atoms with Crippen LogP contribution < -0.4 is 5.43 Å². The molecule has 0 spiro atoms. The van der Waals surface area contributed by atoms with E-state index >= 15 is 0 Å². The molecule has 1 N–H and O–H groups in total. The van der Waals surface area contributed by atoms with Gasteiger partial charge in [0, 0.05) is 28.4 Å². The highest BCUT2D eigenvalue weighted by Crippen LogP contribution is 2.25. The lowest BCUT2D eigenvalue weighted by Gasteiger charge is -1.96. The van der Waals surface area contributed by atoms with Gasteiger partial charge in [0.05, 0.1) is 11.9 Å². The molecule has 6 heteroatoms. The molecule has 2 heterocycles. The maximum absolute atomic E-state index is 5.88. The van der Waals surface area contributed by atoms with Crippen molar-refractivity contribution in [2.45, 2.75) is 0 Å². The van der Waals surface area contributed by atoms with Crippen LogP contribution in [-0.2, 0) is 0 Å². The molecule has 0 bridgehead atoms. The van der Waals surface area contributed by atoms with E-state index < -0.39 is 0 Å². The maximum atomic E-state index is 5.88. The van der Waals surface area contributed by atoms with Gasteiger partial charge in [-0.2, -0.15) is 5.10 Å². The van der Waals surface area contributed by atoms with Gasteiger partial charge < -0.3 is 0 Å². The Morgan fingerprint density at radius 1 is 1.10 bits per heavy atom. The van der Waals surface area contributed by atoms with Crippen LogP contribution in [0.1, 0.15) is 5.56 Å². The minimum Gasteiger partial charge on any atom is -0.265 e. The SMILES string of the molecule is Clc1ccc(-c2csc(N/N=C/c3ccncc3)n2)cc1. The highest BCUT2D eigenvalue weighted by Gasteiger charge is 2.03. The molecule has 0 saturated heterocycles. The second kappa shape index (κ2) is 6.47. The molecular formula is C15H11ClN4S. The van der Waals surface area contributed by atoms with Crippen LogP contribution in [0.3, 0.4) is 0 Å². The summed E-state index contributed by atoms with van der Waals surface area (Å²) in [6.45, 7) is 0. The highest BCUT2D eigenvalue weighted by molar-refractivity contribution is 7.14. The van der Waals surface area contributed by atoms with E-state index in [9.17, 15) is 0 Å². The first-order valence-electron chi connectivity index (χ1n) is 6.22. The zero-order valence-electron chi connectivity index (χ0n) is 10.9. The predicted octanol–water partition coefficient (Wildman–Crippen LogP) is 4.30. The smallest absolute Gasteiger partial charge is 0.203 e. The number of pyridine rings is 1. The number of nitrogens with zero attached hydrogens (tertiary/aromatic N) is 3. The van der Waals surface area contributed by atoms with Crippen molar-refractivity contribution in [1.82, 2.24) is 9.97 Å². The molecule has 21 heavy (non-hydrogen) atoms. The molecule has 0 atom stereocenters. The second-order valence-corrected chi connectivity index (χ2v) is 5.49. The van der Waals surface area contributed by atoms with Crippen molar-refractivity contribution in [2.24, 2.45) is 5.10 Å². The Kier molecular flexibility index (Phi) is 4.23. The Morgan fingerprint density at radius 2 is 1.86 bits per heavy atom. The van der Waals surface area contributed by atoms with Gasteiger partial charge in [-0.25, -0.2) is 4.98 Å². The van der Waals surface area contributed by atoms with Crippen LogP contribution in [0.15, 0.2) is 59.3 Å². The van der Waals surface area contributed by atoms with Gasteiger partial charge in [-0.05, 0) is 29.8 Å². The summed E-state index contributed by atoms with van der Waals surface area (Å²) in [5.41, 5.74) is 5.83. The van der Waals surface area contributed by atoms with Crippen molar-refractivity contribution in [3.05, 3.63) is 64.8 Å². The molecule has 0 radical (unpaired) electrons. The molecule has 2 aromatic heterocycles. The average Bonchev–Trinajstić information content (AvgIpc) is 2.98. The third kappa shape index (κ3) is 3.65. The molecule has 1 aromatic carbocycles. The minimum atomic E-state index is 0.717. The molecule has 0 aliphatic rings. The summed E-state index contributed by atoms with van der Waals surface area (Å²) in [4.78, 5) is 8.43. The third-order valence-corrected chi connectivity index (χ3v) is 3.72. The monoisotopic (exact) mass is 314 g/mol. The Hall–Kier alpha value is -2.24. The summed E-state index contributed by atoms with van der Waals surface area (Å²) in [5.74, 6) is 0. The van der Waals surface area contributed by atoms with Crippen LogP contribution in [0.4, 0.5) is 5.13 Å². The van der Waals surface area contributed by atoms with Crippen LogP contribution in [0.5, 0.6) is 0 Å². The first-order chi connectivity index (χ1) is 10.3. The van der Waals surface area contributed by atoms with Gasteiger partial charge >= 0.3 is 0 Å². The topological polar surface area (TPSA) is 50.2 Å². The number of aromatic nitrogens is 2. The number of hydrogen-bond donors (Lipinski definition) is 1. The Labute approximate surface area is 131 Å². The van der Waals surface area contributed by atoms with E-state index in [2.05, 4.69) is 20.5 Å². The van der Waals surface area contributed by atoms with E-state index in [4.69, 9.17) is 11.6 Å². The molecule has 3 rings (SSSR count). The summed E-state index contributed by atoms with van der Waals surface area (Å²) in [7, 11) is 0. The van der Waals surface area contributed by atoms with E-state index in [1.54, 1.807) is 18.6 Å². The minimum absolute atomic E-state index is 0.717. The molecule has 0 unspecified atom stereocenters. The normalized spacial score (nSPS) is 10.9. The fourth-order valence-electron chi connectivity index (χ4n) is 1.69. The van der Waals surface area contributed by atoms with Gasteiger partial charge in [-0.15, -0.1) is 11.3 Å². The van der Waals surface area contributed by atoms with Crippen molar-refractivity contribution in [3.8, 4) is 11.3 Å². The van der Waals surface area contributed by atoms with E-state index in [1.807, 2.05) is 41.8 Å². The molecule has 0 aliphatic heterocycles. The quantitative estimate of drug-likeness (QED) is 0.577. The standard InChI is InChI=1S/C15H11ClN4S/c16-13-3-1-12(2-4-13)14-10-21-15(19-14)20-18-9-11-5-7-17-8-6-11/h1-10H,(H,19,20)/b18-9+.